The summed E-state index contributed by atoms with van der Waals surface area (Å²) < 4.78 is 38.9. The van der Waals surface area contributed by atoms with Crippen molar-refractivity contribution in [3.05, 3.63) is 59.7 Å². The van der Waals surface area contributed by atoms with Crippen LogP contribution in [0.5, 0.6) is 5.75 Å². The molecule has 0 aromatic heterocycles. The maximum Gasteiger partial charge on any atom is 0.338 e. The normalized spacial score (nSPS) is 23.2. The Bertz CT molecular complexity index is 1240. The van der Waals surface area contributed by atoms with Gasteiger partial charge in [-0.15, -0.1) is 0 Å². The molecule has 194 valence electrons. The molecule has 8 nitrogen and oxygen atoms in total. The molecular formula is C27H34N2O6S. The number of ether oxygens (including phenoxy) is 2. The number of rotatable bonds is 8. The van der Waals surface area contributed by atoms with E-state index in [0.717, 1.165) is 24.8 Å². The average Bonchev–Trinajstić information content (AvgIpc) is 3.10. The fourth-order valence-corrected chi connectivity index (χ4v) is 7.64. The lowest BCUT2D eigenvalue weighted by atomic mass is 9.65. The van der Waals surface area contributed by atoms with Gasteiger partial charge in [-0.3, -0.25) is 4.79 Å². The number of hydrogen-bond acceptors (Lipinski definition) is 6. The van der Waals surface area contributed by atoms with E-state index in [1.165, 1.54) is 24.3 Å². The van der Waals surface area contributed by atoms with Crippen molar-refractivity contribution in [2.75, 3.05) is 20.3 Å². The molecule has 2 aromatic carbocycles. The first-order valence-electron chi connectivity index (χ1n) is 12.1. The van der Waals surface area contributed by atoms with Gasteiger partial charge in [0, 0.05) is 19.1 Å². The zero-order chi connectivity index (χ0) is 26.1. The third-order valence-electron chi connectivity index (χ3n) is 7.03. The monoisotopic (exact) mass is 514 g/mol. The molecule has 2 bridgehead atoms. The number of esters is 1. The molecule has 1 aliphatic carbocycles. The van der Waals surface area contributed by atoms with E-state index in [1.54, 1.807) is 23.5 Å². The molecule has 0 radical (unpaired) electrons. The molecule has 2 aliphatic rings. The molecular weight excluding hydrogens is 480 g/mol. The van der Waals surface area contributed by atoms with Crippen molar-refractivity contribution < 1.29 is 27.5 Å². The van der Waals surface area contributed by atoms with Gasteiger partial charge in [0.15, 0.2) is 6.61 Å². The third kappa shape index (κ3) is 5.73. The standard InChI is InChI=1S/C27H34N2O6S/c1-26(2)13-21-14-27(3,17-26)18-29(21)36(32,33)23-7-5-6-20(12-23)25(31)35-16-24(30)28-15-19-8-10-22(34-4)11-9-19/h5-12,21H,13-18H2,1-4H3,(H,28,30). The highest BCUT2D eigenvalue weighted by atomic mass is 32.2. The molecule has 1 saturated heterocycles. The van der Waals surface area contributed by atoms with Crippen LogP contribution in [0.25, 0.3) is 0 Å². The van der Waals surface area contributed by atoms with Gasteiger partial charge in [0.1, 0.15) is 5.75 Å². The number of benzene rings is 2. The summed E-state index contributed by atoms with van der Waals surface area (Å²) in [6.45, 7) is 6.83. The van der Waals surface area contributed by atoms with Crippen molar-refractivity contribution in [3.8, 4) is 5.75 Å². The number of amides is 1. The molecule has 2 fully saturated rings. The molecule has 2 atom stereocenters. The molecule has 1 amide bonds. The van der Waals surface area contributed by atoms with Gasteiger partial charge in [0.25, 0.3) is 5.91 Å². The summed E-state index contributed by atoms with van der Waals surface area (Å²) in [5.41, 5.74) is 1.00. The molecule has 0 spiro atoms. The molecule has 2 aromatic rings. The number of hydrogen-bond donors (Lipinski definition) is 1. The summed E-state index contributed by atoms with van der Waals surface area (Å²) in [4.78, 5) is 24.8. The number of nitrogens with zero attached hydrogens (tertiary/aromatic N) is 1. The van der Waals surface area contributed by atoms with E-state index in [2.05, 4.69) is 26.1 Å². The van der Waals surface area contributed by atoms with E-state index in [0.29, 0.717) is 12.3 Å². The highest BCUT2D eigenvalue weighted by molar-refractivity contribution is 7.89. The SMILES string of the molecule is COc1ccc(CNC(=O)COC(=O)c2cccc(S(=O)(=O)N3CC4(C)CC3CC(C)(C)C4)c2)cc1. The van der Waals surface area contributed by atoms with Crippen molar-refractivity contribution in [1.29, 1.82) is 0 Å². The van der Waals surface area contributed by atoms with Gasteiger partial charge in [-0.2, -0.15) is 4.31 Å². The van der Waals surface area contributed by atoms with Crippen LogP contribution in [0.3, 0.4) is 0 Å². The first-order chi connectivity index (χ1) is 16.9. The topological polar surface area (TPSA) is 102 Å². The van der Waals surface area contributed by atoms with E-state index in [1.807, 2.05) is 12.1 Å². The van der Waals surface area contributed by atoms with Gasteiger partial charge in [0.2, 0.25) is 10.0 Å². The minimum absolute atomic E-state index is 0.0464. The van der Waals surface area contributed by atoms with Crippen molar-refractivity contribution >= 4 is 21.9 Å². The quantitative estimate of drug-likeness (QED) is 0.539. The molecule has 4 rings (SSSR count). The lowest BCUT2D eigenvalue weighted by Gasteiger charge is -2.39. The first-order valence-corrected chi connectivity index (χ1v) is 13.5. The van der Waals surface area contributed by atoms with E-state index in [-0.39, 0.29) is 33.9 Å². The second kappa shape index (κ2) is 9.86. The van der Waals surface area contributed by atoms with Crippen LogP contribution in [0, 0.1) is 10.8 Å². The zero-order valence-corrected chi connectivity index (χ0v) is 22.1. The van der Waals surface area contributed by atoms with Crippen LogP contribution in [0.4, 0.5) is 0 Å². The Morgan fingerprint density at radius 1 is 1.08 bits per heavy atom. The maximum absolute atomic E-state index is 13.5. The maximum atomic E-state index is 13.5. The number of sulfonamides is 1. The van der Waals surface area contributed by atoms with E-state index in [4.69, 9.17) is 9.47 Å². The van der Waals surface area contributed by atoms with Gasteiger partial charge < -0.3 is 14.8 Å². The number of methoxy groups -OCH3 is 1. The Labute approximate surface area is 213 Å². The first kappa shape index (κ1) is 26.2. The molecule has 1 heterocycles. The van der Waals surface area contributed by atoms with E-state index in [9.17, 15) is 18.0 Å². The fourth-order valence-electron chi connectivity index (χ4n) is 5.82. The fraction of sp³-hybridized carbons (Fsp3) is 0.481. The second-order valence-electron chi connectivity index (χ2n) is 11.0. The van der Waals surface area contributed by atoms with Gasteiger partial charge in [-0.1, -0.05) is 39.0 Å². The van der Waals surface area contributed by atoms with Crippen LogP contribution in [-0.4, -0.2) is 50.9 Å². The molecule has 1 aliphatic heterocycles. The molecule has 9 heteroatoms. The highest BCUT2D eigenvalue weighted by Crippen LogP contribution is 2.53. The van der Waals surface area contributed by atoms with Crippen LogP contribution < -0.4 is 10.1 Å². The highest BCUT2D eigenvalue weighted by Gasteiger charge is 2.53. The van der Waals surface area contributed by atoms with Gasteiger partial charge in [0.05, 0.1) is 17.6 Å². The van der Waals surface area contributed by atoms with Gasteiger partial charge in [-0.05, 0) is 66.0 Å². The van der Waals surface area contributed by atoms with Crippen LogP contribution in [0.1, 0.15) is 56.0 Å². The summed E-state index contributed by atoms with van der Waals surface area (Å²) in [7, 11) is -2.20. The van der Waals surface area contributed by atoms with Gasteiger partial charge in [-0.25, -0.2) is 13.2 Å². The number of nitrogens with one attached hydrogen (secondary N) is 1. The van der Waals surface area contributed by atoms with Crippen molar-refractivity contribution in [2.45, 2.75) is 57.5 Å². The number of fused-ring (bicyclic) bond motifs is 2. The summed E-state index contributed by atoms with van der Waals surface area (Å²) >= 11 is 0. The van der Waals surface area contributed by atoms with Crippen LogP contribution >= 0.6 is 0 Å². The van der Waals surface area contributed by atoms with Gasteiger partial charge >= 0.3 is 5.97 Å². The Balaban J connectivity index is 1.37. The van der Waals surface area contributed by atoms with Crippen molar-refractivity contribution in [3.63, 3.8) is 0 Å². The minimum atomic E-state index is -3.78. The van der Waals surface area contributed by atoms with Crippen molar-refractivity contribution in [2.24, 2.45) is 10.8 Å². The van der Waals surface area contributed by atoms with Crippen LogP contribution in [-0.2, 0) is 26.1 Å². The number of carbonyl (C=O) groups excluding carboxylic acids is 2. The Hall–Kier alpha value is -2.91. The summed E-state index contributed by atoms with van der Waals surface area (Å²) in [5.74, 6) is -0.489. The lowest BCUT2D eigenvalue weighted by Crippen LogP contribution is -2.37. The largest absolute Gasteiger partial charge is 0.497 e. The summed E-state index contributed by atoms with van der Waals surface area (Å²) in [6, 6.07) is 13.0. The zero-order valence-electron chi connectivity index (χ0n) is 21.2. The Morgan fingerprint density at radius 2 is 1.81 bits per heavy atom. The van der Waals surface area contributed by atoms with Crippen LogP contribution in [0.15, 0.2) is 53.4 Å². The third-order valence-corrected chi connectivity index (χ3v) is 8.92. The Morgan fingerprint density at radius 3 is 2.50 bits per heavy atom. The smallest absolute Gasteiger partial charge is 0.338 e. The molecule has 36 heavy (non-hydrogen) atoms. The van der Waals surface area contributed by atoms with Crippen molar-refractivity contribution in [1.82, 2.24) is 9.62 Å². The average molecular weight is 515 g/mol. The van der Waals surface area contributed by atoms with E-state index < -0.39 is 28.5 Å². The minimum Gasteiger partial charge on any atom is -0.497 e. The van der Waals surface area contributed by atoms with E-state index >= 15 is 0 Å². The Kier molecular flexibility index (Phi) is 7.16. The molecule has 2 unspecified atom stereocenters. The van der Waals surface area contributed by atoms with Crippen LogP contribution in [0.2, 0.25) is 0 Å². The number of carbonyl (C=O) groups is 2. The molecule has 1 saturated carbocycles. The summed E-state index contributed by atoms with van der Waals surface area (Å²) in [6.07, 6.45) is 2.65. The molecule has 1 N–H and O–H groups in total. The predicted octanol–water partition coefficient (Wildman–Crippen LogP) is 3.76. The second-order valence-corrected chi connectivity index (χ2v) is 12.9. The predicted molar refractivity (Wildman–Crippen MR) is 135 cm³/mol. The summed E-state index contributed by atoms with van der Waals surface area (Å²) in [5, 5.41) is 2.69. The lowest BCUT2D eigenvalue weighted by molar-refractivity contribution is -0.124.